The topological polar surface area (TPSA) is 9.23 Å². The van der Waals surface area contributed by atoms with Crippen molar-refractivity contribution in [2.24, 2.45) is 47.3 Å². The van der Waals surface area contributed by atoms with Crippen LogP contribution in [0.4, 0.5) is 0 Å². The van der Waals surface area contributed by atoms with Gasteiger partial charge in [-0.1, -0.05) is 37.8 Å². The van der Waals surface area contributed by atoms with Gasteiger partial charge in [0.1, 0.15) is 0 Å². The molecule has 0 spiro atoms. The van der Waals surface area contributed by atoms with Crippen LogP contribution in [0, 0.1) is 47.3 Å². The Hall–Kier alpha value is -0.560. The Kier molecular flexibility index (Phi) is 10.5. The molecule has 1 nitrogen and oxygen atoms in total. The first-order chi connectivity index (χ1) is 16.2. The summed E-state index contributed by atoms with van der Waals surface area (Å²) in [5.74, 6) is 7.61. The third-order valence-corrected chi connectivity index (χ3v) is 10.8. The van der Waals surface area contributed by atoms with Gasteiger partial charge in [0.15, 0.2) is 0 Å². The van der Waals surface area contributed by atoms with Gasteiger partial charge in [-0.15, -0.1) is 13.2 Å². The number of allylic oxidation sites excluding steroid dienone is 2. The molecular weight excluding hydrogens is 400 g/mol. The second kappa shape index (κ2) is 13.5. The molecule has 33 heavy (non-hydrogen) atoms. The summed E-state index contributed by atoms with van der Waals surface area (Å²) in [6.45, 7) is 10.1. The molecule has 0 atom stereocenters. The zero-order valence-electron chi connectivity index (χ0n) is 21.7. The summed E-state index contributed by atoms with van der Waals surface area (Å²) in [6, 6.07) is 0. The normalized spacial score (nSPS) is 40.2. The minimum absolute atomic E-state index is 0.812. The molecule has 0 heterocycles. The predicted octanol–water partition coefficient (Wildman–Crippen LogP) is 9.38. The van der Waals surface area contributed by atoms with Crippen LogP contribution >= 0.6 is 0 Å². The quantitative estimate of drug-likeness (QED) is 0.236. The molecule has 0 amide bonds. The van der Waals surface area contributed by atoms with Gasteiger partial charge in [-0.25, -0.2) is 0 Å². The Morgan fingerprint density at radius 1 is 0.455 bits per heavy atom. The summed E-state index contributed by atoms with van der Waals surface area (Å²) in [6.07, 6.45) is 30.3. The highest BCUT2D eigenvalue weighted by Gasteiger charge is 2.31. The standard InChI is InChI=1S/C32H54O/c1-3-25-5-13-29(14-6-25)31-17-9-27(10-18-31)21-23-33-24-22-28-11-19-32(20-12-28)30-15-7-26(4-2)8-16-30/h3-4,25-32H,1-2,5-24H2/t25-,26-,27-,28-,29-,30-,31-,32-. The van der Waals surface area contributed by atoms with Crippen LogP contribution in [0.2, 0.25) is 0 Å². The van der Waals surface area contributed by atoms with Crippen molar-refractivity contribution < 1.29 is 4.74 Å². The highest BCUT2D eigenvalue weighted by Crippen LogP contribution is 2.43. The van der Waals surface area contributed by atoms with Crippen LogP contribution in [0.25, 0.3) is 0 Å². The first-order valence-corrected chi connectivity index (χ1v) is 15.1. The molecule has 4 fully saturated rings. The SMILES string of the molecule is C=C[C@H]1CC[C@H]([C@H]2CC[C@H](CCOCC[C@H]3CC[C@H]([C@H]4CC[C@H](C=C)CC4)CC3)CC2)CC1. The van der Waals surface area contributed by atoms with Crippen molar-refractivity contribution >= 4 is 0 Å². The summed E-state index contributed by atoms with van der Waals surface area (Å²) in [7, 11) is 0. The molecule has 0 unspecified atom stereocenters. The molecule has 0 radical (unpaired) electrons. The Balaban J connectivity index is 1.00. The van der Waals surface area contributed by atoms with Crippen molar-refractivity contribution in [3.8, 4) is 0 Å². The van der Waals surface area contributed by atoms with Gasteiger partial charge >= 0.3 is 0 Å². The van der Waals surface area contributed by atoms with Crippen LogP contribution in [0.1, 0.15) is 116 Å². The lowest BCUT2D eigenvalue weighted by Gasteiger charge is -2.37. The van der Waals surface area contributed by atoms with E-state index in [-0.39, 0.29) is 0 Å². The maximum Gasteiger partial charge on any atom is 0.0468 e. The molecule has 0 aliphatic heterocycles. The molecule has 0 saturated heterocycles. The van der Waals surface area contributed by atoms with Crippen molar-refractivity contribution in [3.63, 3.8) is 0 Å². The molecule has 4 aliphatic carbocycles. The fourth-order valence-electron chi connectivity index (χ4n) is 8.20. The van der Waals surface area contributed by atoms with E-state index >= 15 is 0 Å². The number of ether oxygens (including phenoxy) is 1. The molecule has 188 valence electrons. The first-order valence-electron chi connectivity index (χ1n) is 15.1. The van der Waals surface area contributed by atoms with Crippen molar-refractivity contribution in [3.05, 3.63) is 25.3 Å². The average Bonchev–Trinajstić information content (AvgIpc) is 2.89. The zero-order valence-corrected chi connectivity index (χ0v) is 21.7. The first kappa shape index (κ1) is 25.5. The Morgan fingerprint density at radius 2 is 0.758 bits per heavy atom. The van der Waals surface area contributed by atoms with E-state index in [1.54, 1.807) is 0 Å². The number of hydrogen-bond donors (Lipinski definition) is 0. The molecule has 4 rings (SSSR count). The van der Waals surface area contributed by atoms with Gasteiger partial charge in [-0.05, 0) is 137 Å². The highest BCUT2D eigenvalue weighted by atomic mass is 16.5. The summed E-state index contributed by atoms with van der Waals surface area (Å²) in [5, 5.41) is 0. The largest absolute Gasteiger partial charge is 0.381 e. The van der Waals surface area contributed by atoms with Crippen LogP contribution in [0.5, 0.6) is 0 Å². The summed E-state index contributed by atoms with van der Waals surface area (Å²) in [5.41, 5.74) is 0. The second-order valence-corrected chi connectivity index (χ2v) is 12.6. The minimum atomic E-state index is 0.812. The molecule has 0 aromatic heterocycles. The van der Waals surface area contributed by atoms with Crippen LogP contribution in [0.15, 0.2) is 25.3 Å². The maximum atomic E-state index is 6.15. The van der Waals surface area contributed by atoms with Gasteiger partial charge in [-0.3, -0.25) is 0 Å². The van der Waals surface area contributed by atoms with E-state index < -0.39 is 0 Å². The van der Waals surface area contributed by atoms with Crippen LogP contribution in [-0.4, -0.2) is 13.2 Å². The van der Waals surface area contributed by atoms with Crippen LogP contribution < -0.4 is 0 Å². The third kappa shape index (κ3) is 7.71. The molecule has 0 bridgehead atoms. The van der Waals surface area contributed by atoms with Gasteiger partial charge in [0, 0.05) is 13.2 Å². The number of hydrogen-bond acceptors (Lipinski definition) is 1. The van der Waals surface area contributed by atoms with Crippen molar-refractivity contribution in [1.29, 1.82) is 0 Å². The molecular formula is C32H54O. The second-order valence-electron chi connectivity index (χ2n) is 12.6. The van der Waals surface area contributed by atoms with Gasteiger partial charge in [0.2, 0.25) is 0 Å². The lowest BCUT2D eigenvalue weighted by atomic mass is 9.69. The van der Waals surface area contributed by atoms with E-state index in [1.807, 2.05) is 0 Å². The van der Waals surface area contributed by atoms with E-state index in [2.05, 4.69) is 25.3 Å². The Bertz CT molecular complexity index is 499. The van der Waals surface area contributed by atoms with Gasteiger partial charge < -0.3 is 4.74 Å². The smallest absolute Gasteiger partial charge is 0.0468 e. The van der Waals surface area contributed by atoms with E-state index in [0.717, 1.165) is 60.6 Å². The van der Waals surface area contributed by atoms with Gasteiger partial charge in [0.05, 0.1) is 0 Å². The monoisotopic (exact) mass is 454 g/mol. The molecule has 0 aromatic rings. The molecule has 0 N–H and O–H groups in total. The average molecular weight is 455 g/mol. The predicted molar refractivity (Wildman–Crippen MR) is 142 cm³/mol. The fourth-order valence-corrected chi connectivity index (χ4v) is 8.20. The minimum Gasteiger partial charge on any atom is -0.381 e. The van der Waals surface area contributed by atoms with E-state index in [1.165, 1.54) is 116 Å². The van der Waals surface area contributed by atoms with Crippen molar-refractivity contribution in [1.82, 2.24) is 0 Å². The fraction of sp³-hybridized carbons (Fsp3) is 0.875. The highest BCUT2D eigenvalue weighted by molar-refractivity contribution is 4.88. The van der Waals surface area contributed by atoms with E-state index in [0.29, 0.717) is 0 Å². The van der Waals surface area contributed by atoms with Crippen molar-refractivity contribution in [2.75, 3.05) is 13.2 Å². The summed E-state index contributed by atoms with van der Waals surface area (Å²) in [4.78, 5) is 0. The molecule has 4 saturated carbocycles. The third-order valence-electron chi connectivity index (χ3n) is 10.8. The van der Waals surface area contributed by atoms with E-state index in [9.17, 15) is 0 Å². The van der Waals surface area contributed by atoms with Crippen molar-refractivity contribution in [2.45, 2.75) is 116 Å². The lowest BCUT2D eigenvalue weighted by Crippen LogP contribution is -2.26. The van der Waals surface area contributed by atoms with E-state index in [4.69, 9.17) is 4.74 Å². The molecule has 1 heteroatoms. The van der Waals surface area contributed by atoms with Crippen LogP contribution in [0.3, 0.4) is 0 Å². The zero-order chi connectivity index (χ0) is 22.9. The summed E-state index contributed by atoms with van der Waals surface area (Å²) >= 11 is 0. The van der Waals surface area contributed by atoms with Crippen LogP contribution in [-0.2, 0) is 4.74 Å². The molecule has 0 aromatic carbocycles. The molecule has 4 aliphatic rings. The summed E-state index contributed by atoms with van der Waals surface area (Å²) < 4.78 is 6.15. The maximum absolute atomic E-state index is 6.15. The lowest BCUT2D eigenvalue weighted by molar-refractivity contribution is 0.0804. The van der Waals surface area contributed by atoms with Gasteiger partial charge in [0.25, 0.3) is 0 Å². The number of rotatable bonds is 10. The van der Waals surface area contributed by atoms with Gasteiger partial charge in [-0.2, -0.15) is 0 Å². The Morgan fingerprint density at radius 3 is 1.06 bits per heavy atom. The Labute approximate surface area is 206 Å².